The van der Waals surface area contributed by atoms with Crippen molar-refractivity contribution in [2.24, 2.45) is 0 Å². The number of ether oxygens (including phenoxy) is 3. The highest BCUT2D eigenvalue weighted by Crippen LogP contribution is 2.23. The predicted molar refractivity (Wildman–Crippen MR) is 80.9 cm³/mol. The molecule has 2 aromatic heterocycles. The summed E-state index contributed by atoms with van der Waals surface area (Å²) in [7, 11) is 2.84. The lowest BCUT2D eigenvalue weighted by Crippen LogP contribution is -2.07. The molecule has 2 N–H and O–H groups in total. The highest BCUT2D eigenvalue weighted by atomic mass is 19.1. The van der Waals surface area contributed by atoms with Crippen LogP contribution in [-0.2, 0) is 0 Å². The summed E-state index contributed by atoms with van der Waals surface area (Å²) >= 11 is 0. The Morgan fingerprint density at radius 2 is 1.75 bits per heavy atom. The number of nitrogen functional groups attached to an aromatic ring is 1. The molecule has 0 spiro atoms. The van der Waals surface area contributed by atoms with E-state index in [1.807, 2.05) is 0 Å². The largest absolute Gasteiger partial charge is 0.467 e. The first-order valence-corrected chi connectivity index (χ1v) is 6.72. The Hall–Kier alpha value is -3.43. The third-order valence-corrected chi connectivity index (χ3v) is 2.91. The van der Waals surface area contributed by atoms with Crippen LogP contribution < -0.4 is 19.9 Å². The SMILES string of the molecule is COc1nc(OC)nc(-n2ccc(Oc3ccc(N)c(F)c3)n2)n1. The Morgan fingerprint density at radius 1 is 1.04 bits per heavy atom. The highest BCUT2D eigenvalue weighted by Gasteiger charge is 2.11. The molecule has 0 unspecified atom stereocenters. The van der Waals surface area contributed by atoms with Gasteiger partial charge in [0.15, 0.2) is 0 Å². The monoisotopic (exact) mass is 332 g/mol. The van der Waals surface area contributed by atoms with Crippen LogP contribution >= 0.6 is 0 Å². The quantitative estimate of drug-likeness (QED) is 0.701. The maximum atomic E-state index is 13.4. The average Bonchev–Trinajstić information content (AvgIpc) is 3.06. The number of hydrogen-bond acceptors (Lipinski definition) is 8. The summed E-state index contributed by atoms with van der Waals surface area (Å²) in [5.41, 5.74) is 5.46. The fourth-order valence-electron chi connectivity index (χ4n) is 1.78. The van der Waals surface area contributed by atoms with Gasteiger partial charge in [0.1, 0.15) is 11.6 Å². The lowest BCUT2D eigenvalue weighted by molar-refractivity contribution is 0.337. The maximum Gasteiger partial charge on any atom is 0.324 e. The second-order valence-electron chi connectivity index (χ2n) is 4.49. The van der Waals surface area contributed by atoms with Gasteiger partial charge in [-0.05, 0) is 12.1 Å². The summed E-state index contributed by atoms with van der Waals surface area (Å²) < 4.78 is 30.2. The zero-order chi connectivity index (χ0) is 17.1. The fraction of sp³-hybridized carbons (Fsp3) is 0.143. The van der Waals surface area contributed by atoms with Crippen LogP contribution in [0.3, 0.4) is 0 Å². The summed E-state index contributed by atoms with van der Waals surface area (Å²) in [4.78, 5) is 12.0. The number of nitrogens with two attached hydrogens (primary N) is 1. The Kier molecular flexibility index (Phi) is 4.10. The average molecular weight is 332 g/mol. The molecule has 0 atom stereocenters. The Bertz CT molecular complexity index is 847. The van der Waals surface area contributed by atoms with Crippen molar-refractivity contribution < 1.29 is 18.6 Å². The normalized spacial score (nSPS) is 10.5. The van der Waals surface area contributed by atoms with Gasteiger partial charge in [0.2, 0.25) is 5.88 Å². The number of anilines is 1. The molecule has 3 aromatic rings. The van der Waals surface area contributed by atoms with Crippen LogP contribution in [0.4, 0.5) is 10.1 Å². The molecule has 0 aliphatic carbocycles. The zero-order valence-corrected chi connectivity index (χ0v) is 12.8. The van der Waals surface area contributed by atoms with Gasteiger partial charge in [0.05, 0.1) is 19.9 Å². The number of benzene rings is 1. The summed E-state index contributed by atoms with van der Waals surface area (Å²) in [6, 6.07) is 5.83. The summed E-state index contributed by atoms with van der Waals surface area (Å²) in [5, 5.41) is 4.16. The molecule has 0 fully saturated rings. The smallest absolute Gasteiger partial charge is 0.324 e. The van der Waals surface area contributed by atoms with Crippen molar-refractivity contribution in [3.63, 3.8) is 0 Å². The van der Waals surface area contributed by atoms with Gasteiger partial charge in [-0.1, -0.05) is 0 Å². The van der Waals surface area contributed by atoms with E-state index in [-0.39, 0.29) is 35.3 Å². The first-order chi connectivity index (χ1) is 11.6. The molecule has 1 aromatic carbocycles. The summed E-state index contributed by atoms with van der Waals surface area (Å²) in [5.74, 6) is 0.0891. The van der Waals surface area contributed by atoms with Crippen LogP contribution in [0.5, 0.6) is 23.7 Å². The molecule has 0 aliphatic heterocycles. The van der Waals surface area contributed by atoms with Gasteiger partial charge in [-0.3, -0.25) is 0 Å². The molecular formula is C14H13FN6O3. The van der Waals surface area contributed by atoms with Crippen molar-refractivity contribution in [1.82, 2.24) is 24.7 Å². The molecule has 0 radical (unpaired) electrons. The molecule has 0 saturated heterocycles. The second-order valence-corrected chi connectivity index (χ2v) is 4.49. The minimum absolute atomic E-state index is 0.0391. The molecule has 124 valence electrons. The third-order valence-electron chi connectivity index (χ3n) is 2.91. The van der Waals surface area contributed by atoms with Crippen molar-refractivity contribution in [1.29, 1.82) is 0 Å². The Morgan fingerprint density at radius 3 is 2.38 bits per heavy atom. The van der Waals surface area contributed by atoms with Crippen LogP contribution in [0.25, 0.3) is 5.95 Å². The minimum atomic E-state index is -0.570. The number of hydrogen-bond donors (Lipinski definition) is 1. The van der Waals surface area contributed by atoms with Gasteiger partial charge < -0.3 is 19.9 Å². The first-order valence-electron chi connectivity index (χ1n) is 6.72. The van der Waals surface area contributed by atoms with Crippen molar-refractivity contribution in [2.75, 3.05) is 20.0 Å². The number of methoxy groups -OCH3 is 2. The molecule has 24 heavy (non-hydrogen) atoms. The third kappa shape index (κ3) is 3.16. The zero-order valence-electron chi connectivity index (χ0n) is 12.8. The molecule has 9 nitrogen and oxygen atoms in total. The Balaban J connectivity index is 1.86. The van der Waals surface area contributed by atoms with Crippen LogP contribution in [0, 0.1) is 5.82 Å². The molecular weight excluding hydrogens is 319 g/mol. The molecule has 10 heteroatoms. The van der Waals surface area contributed by atoms with Crippen LogP contribution in [0.1, 0.15) is 0 Å². The van der Waals surface area contributed by atoms with E-state index in [4.69, 9.17) is 19.9 Å². The number of aromatic nitrogens is 5. The first kappa shape index (κ1) is 15.5. The van der Waals surface area contributed by atoms with Gasteiger partial charge in [0.25, 0.3) is 5.95 Å². The number of halogens is 1. The highest BCUT2D eigenvalue weighted by molar-refractivity contribution is 5.44. The standard InChI is InChI=1S/C14H13FN6O3/c1-22-13-17-12(18-14(19-13)23-2)21-6-5-11(20-21)24-8-3-4-10(16)9(15)7-8/h3-7H,16H2,1-2H3. The van der Waals surface area contributed by atoms with E-state index >= 15 is 0 Å². The van der Waals surface area contributed by atoms with E-state index in [0.29, 0.717) is 0 Å². The molecule has 0 aliphatic rings. The van der Waals surface area contributed by atoms with Gasteiger partial charge in [-0.2, -0.15) is 9.97 Å². The number of nitrogens with zero attached hydrogens (tertiary/aromatic N) is 5. The van der Waals surface area contributed by atoms with Gasteiger partial charge in [0, 0.05) is 18.3 Å². The van der Waals surface area contributed by atoms with Crippen molar-refractivity contribution in [2.45, 2.75) is 0 Å². The van der Waals surface area contributed by atoms with Crippen molar-refractivity contribution in [3.05, 3.63) is 36.3 Å². The van der Waals surface area contributed by atoms with E-state index in [0.717, 1.165) is 0 Å². The second kappa shape index (κ2) is 6.36. The lowest BCUT2D eigenvalue weighted by atomic mass is 10.3. The maximum absolute atomic E-state index is 13.4. The fourth-order valence-corrected chi connectivity index (χ4v) is 1.78. The summed E-state index contributed by atoms with van der Waals surface area (Å²) in [6.07, 6.45) is 1.57. The molecule has 2 heterocycles. The molecule has 0 bridgehead atoms. The minimum Gasteiger partial charge on any atom is -0.467 e. The van der Waals surface area contributed by atoms with Gasteiger partial charge >= 0.3 is 12.0 Å². The lowest BCUT2D eigenvalue weighted by Gasteiger charge is -2.05. The van der Waals surface area contributed by atoms with E-state index in [9.17, 15) is 4.39 Å². The number of rotatable bonds is 5. The van der Waals surface area contributed by atoms with Crippen molar-refractivity contribution >= 4 is 5.69 Å². The molecule has 3 rings (SSSR count). The Labute approximate surface area is 135 Å². The van der Waals surface area contributed by atoms with Crippen molar-refractivity contribution in [3.8, 4) is 29.6 Å². The van der Waals surface area contributed by atoms with Gasteiger partial charge in [-0.15, -0.1) is 10.1 Å². The predicted octanol–water partition coefficient (Wildman–Crippen LogP) is 1.59. The van der Waals surface area contributed by atoms with Crippen LogP contribution in [-0.4, -0.2) is 39.0 Å². The molecule has 0 amide bonds. The van der Waals surface area contributed by atoms with Crippen LogP contribution in [0.2, 0.25) is 0 Å². The van der Waals surface area contributed by atoms with E-state index < -0.39 is 5.82 Å². The van der Waals surface area contributed by atoms with E-state index in [2.05, 4.69) is 20.1 Å². The molecule has 0 saturated carbocycles. The van der Waals surface area contributed by atoms with E-state index in [1.54, 1.807) is 12.3 Å². The van der Waals surface area contributed by atoms with Gasteiger partial charge in [-0.25, -0.2) is 9.07 Å². The van der Waals surface area contributed by atoms with E-state index in [1.165, 1.54) is 37.1 Å². The van der Waals surface area contributed by atoms with Crippen LogP contribution in [0.15, 0.2) is 30.5 Å². The topological polar surface area (TPSA) is 110 Å². The summed E-state index contributed by atoms with van der Waals surface area (Å²) in [6.45, 7) is 0.